The highest BCUT2D eigenvalue weighted by Crippen LogP contribution is 2.28. The molecule has 0 bridgehead atoms. The molecule has 2 aromatic rings. The van der Waals surface area contributed by atoms with E-state index < -0.39 is 0 Å². The molecule has 2 amide bonds. The number of rotatable bonds is 5. The monoisotopic (exact) mass is 366 g/mol. The minimum atomic E-state index is -0.116. The number of carbonyl (C=O) groups is 2. The van der Waals surface area contributed by atoms with Crippen molar-refractivity contribution in [1.82, 2.24) is 15.2 Å². The number of nitrogens with one attached hydrogen (secondary N) is 2. The Hall–Kier alpha value is -2.89. The summed E-state index contributed by atoms with van der Waals surface area (Å²) in [7, 11) is 1.59. The van der Waals surface area contributed by atoms with E-state index in [1.54, 1.807) is 25.4 Å². The molecule has 0 aliphatic carbocycles. The lowest BCUT2D eigenvalue weighted by molar-refractivity contribution is -0.118. The van der Waals surface area contributed by atoms with E-state index in [0.717, 1.165) is 32.4 Å². The Morgan fingerprint density at radius 2 is 1.93 bits per heavy atom. The van der Waals surface area contributed by atoms with Crippen LogP contribution in [0.5, 0.6) is 0 Å². The second kappa shape index (κ2) is 9.16. The lowest BCUT2D eigenvalue weighted by Gasteiger charge is -2.21. The number of amides is 2. The first kappa shape index (κ1) is 18.9. The van der Waals surface area contributed by atoms with Gasteiger partial charge in [0.1, 0.15) is 5.82 Å². The van der Waals surface area contributed by atoms with Gasteiger partial charge in [-0.15, -0.1) is 0 Å². The lowest BCUT2D eigenvalue weighted by Crippen LogP contribution is -2.32. The van der Waals surface area contributed by atoms with Gasteiger partial charge in [-0.25, -0.2) is 4.98 Å². The Bertz CT molecular complexity index is 762. The number of hydrogen-bond acceptors (Lipinski definition) is 4. The standard InChI is InChI=1S/C21H26N4O2/c1-22-20(26)15-24-19-10-9-18(14-23-19)21(27)25-12-5-8-17(11-13-25)16-6-3-2-4-7-16/h2-4,6-7,9-10,14,17H,5,8,11-13,15H2,1H3,(H,22,26)(H,23,24)/t17-/m1/s1. The average molecular weight is 366 g/mol. The number of carbonyl (C=O) groups excluding carboxylic acids is 2. The Kier molecular flexibility index (Phi) is 6.41. The minimum Gasteiger partial charge on any atom is -0.361 e. The van der Waals surface area contributed by atoms with Crippen molar-refractivity contribution in [3.8, 4) is 0 Å². The van der Waals surface area contributed by atoms with Crippen molar-refractivity contribution in [2.45, 2.75) is 25.2 Å². The third-order valence-electron chi connectivity index (χ3n) is 5.01. The van der Waals surface area contributed by atoms with E-state index in [1.807, 2.05) is 11.0 Å². The maximum atomic E-state index is 12.8. The van der Waals surface area contributed by atoms with E-state index >= 15 is 0 Å². The summed E-state index contributed by atoms with van der Waals surface area (Å²) in [4.78, 5) is 30.3. The van der Waals surface area contributed by atoms with Gasteiger partial charge in [-0.2, -0.15) is 0 Å². The molecule has 1 aromatic heterocycles. The summed E-state index contributed by atoms with van der Waals surface area (Å²) >= 11 is 0. The van der Waals surface area contributed by atoms with E-state index in [1.165, 1.54) is 5.56 Å². The molecule has 0 unspecified atom stereocenters. The fraction of sp³-hybridized carbons (Fsp3) is 0.381. The number of nitrogens with zero attached hydrogens (tertiary/aromatic N) is 2. The summed E-state index contributed by atoms with van der Waals surface area (Å²) in [6.07, 6.45) is 4.67. The van der Waals surface area contributed by atoms with Crippen molar-refractivity contribution in [3.05, 3.63) is 59.8 Å². The van der Waals surface area contributed by atoms with Gasteiger partial charge < -0.3 is 15.5 Å². The Balaban J connectivity index is 1.58. The largest absolute Gasteiger partial charge is 0.361 e. The minimum absolute atomic E-state index is 0.0223. The van der Waals surface area contributed by atoms with E-state index in [-0.39, 0.29) is 18.4 Å². The Morgan fingerprint density at radius 1 is 1.11 bits per heavy atom. The van der Waals surface area contributed by atoms with Gasteiger partial charge in [-0.3, -0.25) is 9.59 Å². The highest BCUT2D eigenvalue weighted by Gasteiger charge is 2.22. The quantitative estimate of drug-likeness (QED) is 0.853. The molecule has 1 aliphatic heterocycles. The van der Waals surface area contributed by atoms with E-state index in [0.29, 0.717) is 17.3 Å². The smallest absolute Gasteiger partial charge is 0.255 e. The summed E-state index contributed by atoms with van der Waals surface area (Å²) in [5.41, 5.74) is 1.94. The van der Waals surface area contributed by atoms with Crippen LogP contribution in [0.4, 0.5) is 5.82 Å². The van der Waals surface area contributed by atoms with Gasteiger partial charge in [0.05, 0.1) is 12.1 Å². The van der Waals surface area contributed by atoms with Gasteiger partial charge in [0.2, 0.25) is 5.91 Å². The fourth-order valence-electron chi connectivity index (χ4n) is 3.42. The number of pyridine rings is 1. The molecule has 0 spiro atoms. The van der Waals surface area contributed by atoms with Gasteiger partial charge in [-0.1, -0.05) is 30.3 Å². The number of likely N-dealkylation sites (N-methyl/N-ethyl adjacent to an activating group) is 1. The second-order valence-corrected chi connectivity index (χ2v) is 6.79. The van der Waals surface area contributed by atoms with Crippen LogP contribution in [0.1, 0.15) is 41.1 Å². The molecular weight excluding hydrogens is 340 g/mol. The maximum Gasteiger partial charge on any atom is 0.255 e. The molecule has 1 fully saturated rings. The van der Waals surface area contributed by atoms with Crippen LogP contribution < -0.4 is 10.6 Å². The molecule has 27 heavy (non-hydrogen) atoms. The summed E-state index contributed by atoms with van der Waals surface area (Å²) in [6, 6.07) is 14.0. The van der Waals surface area contributed by atoms with Gasteiger partial charge in [-0.05, 0) is 42.9 Å². The molecule has 6 heteroatoms. The third kappa shape index (κ3) is 5.06. The zero-order chi connectivity index (χ0) is 19.1. The predicted octanol–water partition coefficient (Wildman–Crippen LogP) is 2.65. The molecule has 0 radical (unpaired) electrons. The highest BCUT2D eigenvalue weighted by molar-refractivity contribution is 5.94. The molecular formula is C21H26N4O2. The van der Waals surface area contributed by atoms with Crippen LogP contribution >= 0.6 is 0 Å². The zero-order valence-electron chi connectivity index (χ0n) is 15.6. The Labute approximate surface area is 160 Å². The van der Waals surface area contributed by atoms with Gasteiger partial charge in [0.25, 0.3) is 5.91 Å². The van der Waals surface area contributed by atoms with Crippen LogP contribution in [0, 0.1) is 0 Å². The molecule has 1 aromatic carbocycles. The summed E-state index contributed by atoms with van der Waals surface area (Å²) in [5, 5.41) is 5.47. The van der Waals surface area contributed by atoms with Crippen molar-refractivity contribution < 1.29 is 9.59 Å². The normalized spacial score (nSPS) is 17.1. The summed E-state index contributed by atoms with van der Waals surface area (Å²) in [6.45, 7) is 1.69. The molecule has 142 valence electrons. The molecule has 2 heterocycles. The van der Waals surface area contributed by atoms with Crippen LogP contribution in [0.25, 0.3) is 0 Å². The van der Waals surface area contributed by atoms with E-state index in [4.69, 9.17) is 0 Å². The van der Waals surface area contributed by atoms with E-state index in [9.17, 15) is 9.59 Å². The predicted molar refractivity (Wildman–Crippen MR) is 106 cm³/mol. The van der Waals surface area contributed by atoms with Gasteiger partial charge in [0.15, 0.2) is 0 Å². The number of likely N-dealkylation sites (tertiary alicyclic amines) is 1. The van der Waals surface area contributed by atoms with Crippen LogP contribution in [-0.4, -0.2) is 48.4 Å². The van der Waals surface area contributed by atoms with Crippen LogP contribution in [0.2, 0.25) is 0 Å². The van der Waals surface area contributed by atoms with E-state index in [2.05, 4.69) is 39.9 Å². The van der Waals surface area contributed by atoms with Crippen molar-refractivity contribution >= 4 is 17.6 Å². The SMILES string of the molecule is CNC(=O)CNc1ccc(C(=O)N2CCC[C@@H](c3ccccc3)CC2)cn1. The van der Waals surface area contributed by atoms with Crippen molar-refractivity contribution in [1.29, 1.82) is 0 Å². The molecule has 3 rings (SSSR count). The molecule has 1 atom stereocenters. The number of benzene rings is 1. The number of anilines is 1. The summed E-state index contributed by atoms with van der Waals surface area (Å²) < 4.78 is 0. The van der Waals surface area contributed by atoms with Crippen molar-refractivity contribution in [2.75, 3.05) is 32.0 Å². The highest BCUT2D eigenvalue weighted by atomic mass is 16.2. The molecule has 1 aliphatic rings. The number of aromatic nitrogens is 1. The van der Waals surface area contributed by atoms with Gasteiger partial charge >= 0.3 is 0 Å². The Morgan fingerprint density at radius 3 is 2.63 bits per heavy atom. The van der Waals surface area contributed by atoms with Crippen LogP contribution in [0.15, 0.2) is 48.7 Å². The molecule has 1 saturated heterocycles. The lowest BCUT2D eigenvalue weighted by atomic mass is 9.92. The van der Waals surface area contributed by atoms with Crippen molar-refractivity contribution in [3.63, 3.8) is 0 Å². The van der Waals surface area contributed by atoms with Crippen molar-refractivity contribution in [2.24, 2.45) is 0 Å². The fourth-order valence-corrected chi connectivity index (χ4v) is 3.42. The molecule has 2 N–H and O–H groups in total. The zero-order valence-corrected chi connectivity index (χ0v) is 15.6. The second-order valence-electron chi connectivity index (χ2n) is 6.79. The first-order chi connectivity index (χ1) is 13.2. The topological polar surface area (TPSA) is 74.3 Å². The van der Waals surface area contributed by atoms with Gasteiger partial charge in [0, 0.05) is 26.3 Å². The first-order valence-electron chi connectivity index (χ1n) is 9.42. The van der Waals surface area contributed by atoms with Crippen LogP contribution in [0.3, 0.4) is 0 Å². The average Bonchev–Trinajstić information content (AvgIpc) is 2.99. The molecule has 0 saturated carbocycles. The maximum absolute atomic E-state index is 12.8. The first-order valence-corrected chi connectivity index (χ1v) is 9.42. The third-order valence-corrected chi connectivity index (χ3v) is 5.01. The summed E-state index contributed by atoms with van der Waals surface area (Å²) in [5.74, 6) is 0.997. The number of hydrogen-bond donors (Lipinski definition) is 2. The van der Waals surface area contributed by atoms with Crippen LogP contribution in [-0.2, 0) is 4.79 Å². The molecule has 6 nitrogen and oxygen atoms in total.